The lowest BCUT2D eigenvalue weighted by Gasteiger charge is -2.39. The summed E-state index contributed by atoms with van der Waals surface area (Å²) in [5.41, 5.74) is 0. The molecule has 176 valence electrons. The molecule has 3 nitrogen and oxygen atoms in total. The summed E-state index contributed by atoms with van der Waals surface area (Å²) >= 11 is 0. The Morgan fingerprint density at radius 1 is 0.667 bits per heavy atom. The van der Waals surface area contributed by atoms with Crippen molar-refractivity contribution < 1.29 is 13.7 Å². The molecule has 0 saturated heterocycles. The van der Waals surface area contributed by atoms with E-state index in [-0.39, 0.29) is 5.97 Å². The summed E-state index contributed by atoms with van der Waals surface area (Å²) in [6.45, 7) is 4.95. The molecule has 0 amide bonds. The Hall–Kier alpha value is -2.72. The Bertz CT molecular complexity index is 916. The van der Waals surface area contributed by atoms with Crippen molar-refractivity contribution in [2.75, 3.05) is 6.61 Å². The second-order valence-corrected chi connectivity index (χ2v) is 10.8. The van der Waals surface area contributed by atoms with Crippen LogP contribution in [-0.2, 0) is 8.98 Å². The highest BCUT2D eigenvalue weighted by Crippen LogP contribution is 2.69. The van der Waals surface area contributed by atoms with Gasteiger partial charge in [-0.15, -0.1) is 0 Å². The molecule has 0 saturated carbocycles. The Balaban J connectivity index is 1.93. The van der Waals surface area contributed by atoms with Gasteiger partial charge in [0.1, 0.15) is 5.75 Å². The Kier molecular flexibility index (Phi) is 9.89. The fourth-order valence-corrected chi connectivity index (χ4v) is 6.85. The van der Waals surface area contributed by atoms with E-state index in [0.717, 1.165) is 39.9 Å². The van der Waals surface area contributed by atoms with Crippen LogP contribution in [0.25, 0.3) is 0 Å². The first-order valence-electron chi connectivity index (χ1n) is 12.1. The van der Waals surface area contributed by atoms with E-state index >= 15 is 0 Å². The van der Waals surface area contributed by atoms with Gasteiger partial charge in [0, 0.05) is 21.1 Å². The van der Waals surface area contributed by atoms with E-state index in [2.05, 4.69) is 43.3 Å². The molecule has 3 rings (SSSR count). The number of benzene rings is 3. The summed E-state index contributed by atoms with van der Waals surface area (Å²) in [5.74, 6) is 0.677. The van der Waals surface area contributed by atoms with Gasteiger partial charge in [0.15, 0.2) is 0 Å². The van der Waals surface area contributed by atoms with E-state index in [0.29, 0.717) is 6.42 Å². The van der Waals surface area contributed by atoms with Crippen LogP contribution in [-0.4, -0.2) is 12.6 Å². The summed E-state index contributed by atoms with van der Waals surface area (Å²) in [5, 5.41) is 0. The van der Waals surface area contributed by atoms with E-state index in [1.54, 1.807) is 0 Å². The second-order valence-electron chi connectivity index (χ2n) is 8.12. The molecule has 0 aliphatic heterocycles. The quantitative estimate of drug-likeness (QED) is 0.238. The van der Waals surface area contributed by atoms with Crippen molar-refractivity contribution >= 4 is 16.3 Å². The largest absolute Gasteiger partial charge is 0.494 e. The lowest BCUT2D eigenvalue weighted by molar-refractivity contribution is -0.133. The van der Waals surface area contributed by atoms with Gasteiger partial charge in [-0.1, -0.05) is 75.9 Å². The highest BCUT2D eigenvalue weighted by molar-refractivity contribution is 8.30. The van der Waals surface area contributed by atoms with Crippen LogP contribution in [0.15, 0.2) is 99.6 Å². The summed E-state index contributed by atoms with van der Waals surface area (Å²) in [6, 6.07) is 28.3. The van der Waals surface area contributed by atoms with Crippen molar-refractivity contribution in [1.29, 1.82) is 0 Å². The van der Waals surface area contributed by atoms with Crippen LogP contribution in [0.4, 0.5) is 0 Å². The molecule has 0 atom stereocenters. The SMILES string of the molecule is CCCCCCCOc1ccc(S(OC(=O)CCC)(c2ccccc2)c2ccccc2)cc1. The van der Waals surface area contributed by atoms with Gasteiger partial charge in [0.05, 0.1) is 6.61 Å². The van der Waals surface area contributed by atoms with E-state index in [1.165, 1.54) is 25.7 Å². The minimum atomic E-state index is -2.21. The topological polar surface area (TPSA) is 35.5 Å². The minimum Gasteiger partial charge on any atom is -0.494 e. The van der Waals surface area contributed by atoms with Gasteiger partial charge in [0.2, 0.25) is 0 Å². The fraction of sp³-hybridized carbons (Fsp3) is 0.345. The highest BCUT2D eigenvalue weighted by atomic mass is 32.3. The van der Waals surface area contributed by atoms with E-state index in [9.17, 15) is 4.79 Å². The molecule has 33 heavy (non-hydrogen) atoms. The van der Waals surface area contributed by atoms with Crippen LogP contribution < -0.4 is 4.74 Å². The minimum absolute atomic E-state index is 0.174. The zero-order chi connectivity index (χ0) is 23.4. The molecule has 0 bridgehead atoms. The van der Waals surface area contributed by atoms with Gasteiger partial charge in [-0.25, -0.2) is 0 Å². The molecule has 0 aromatic heterocycles. The van der Waals surface area contributed by atoms with E-state index < -0.39 is 10.3 Å². The van der Waals surface area contributed by atoms with Crippen molar-refractivity contribution in [3.05, 3.63) is 84.9 Å². The third kappa shape index (κ3) is 6.64. The number of hydrogen-bond donors (Lipinski definition) is 0. The van der Waals surface area contributed by atoms with Crippen LogP contribution in [0.1, 0.15) is 58.8 Å². The third-order valence-corrected chi connectivity index (χ3v) is 8.74. The molecule has 0 spiro atoms. The first-order valence-corrected chi connectivity index (χ1v) is 13.6. The smallest absolute Gasteiger partial charge is 0.317 e. The van der Waals surface area contributed by atoms with Crippen LogP contribution in [0.2, 0.25) is 0 Å². The molecule has 0 aliphatic carbocycles. The Morgan fingerprint density at radius 2 is 1.21 bits per heavy atom. The summed E-state index contributed by atoms with van der Waals surface area (Å²) < 4.78 is 12.4. The van der Waals surface area contributed by atoms with Crippen LogP contribution in [0, 0.1) is 0 Å². The zero-order valence-corrected chi connectivity index (χ0v) is 20.7. The standard InChI is InChI=1S/C29H36O3S/c1-3-5-6-7-14-24-31-25-20-22-28(23-21-25)33(32-29(30)15-4-2,26-16-10-8-11-17-26)27-18-12-9-13-19-27/h8-13,16-23H,3-7,14-15,24H2,1-2H3. The van der Waals surface area contributed by atoms with Crippen molar-refractivity contribution in [3.8, 4) is 5.75 Å². The van der Waals surface area contributed by atoms with Crippen LogP contribution >= 0.6 is 10.3 Å². The molecule has 0 heterocycles. The fourth-order valence-electron chi connectivity index (χ4n) is 3.79. The molecule has 0 aliphatic rings. The molecular formula is C29H36O3S. The molecule has 0 fully saturated rings. The number of rotatable bonds is 13. The molecule has 0 N–H and O–H groups in total. The molecular weight excluding hydrogens is 428 g/mol. The second kappa shape index (κ2) is 13.1. The predicted octanol–water partition coefficient (Wildman–Crippen LogP) is 8.58. The van der Waals surface area contributed by atoms with Crippen LogP contribution in [0.5, 0.6) is 5.75 Å². The first kappa shape index (κ1) is 24.9. The monoisotopic (exact) mass is 464 g/mol. The maximum Gasteiger partial charge on any atom is 0.317 e. The maximum absolute atomic E-state index is 12.9. The van der Waals surface area contributed by atoms with Crippen molar-refractivity contribution in [2.24, 2.45) is 0 Å². The summed E-state index contributed by atoms with van der Waals surface area (Å²) in [4.78, 5) is 15.9. The average molecular weight is 465 g/mol. The van der Waals surface area contributed by atoms with Crippen molar-refractivity contribution in [3.63, 3.8) is 0 Å². The molecule has 0 radical (unpaired) electrons. The van der Waals surface area contributed by atoms with Gasteiger partial charge in [-0.2, -0.15) is 0 Å². The third-order valence-electron chi connectivity index (χ3n) is 5.49. The van der Waals surface area contributed by atoms with Gasteiger partial charge >= 0.3 is 5.97 Å². The zero-order valence-electron chi connectivity index (χ0n) is 19.9. The van der Waals surface area contributed by atoms with Crippen LogP contribution in [0.3, 0.4) is 0 Å². The normalized spacial score (nSPS) is 11.7. The number of carbonyl (C=O) groups is 1. The lowest BCUT2D eigenvalue weighted by Crippen LogP contribution is -2.13. The molecule has 3 aromatic carbocycles. The average Bonchev–Trinajstić information content (AvgIpc) is 2.86. The summed E-state index contributed by atoms with van der Waals surface area (Å²) in [6.07, 6.45) is 7.22. The molecule has 3 aromatic rings. The van der Waals surface area contributed by atoms with E-state index in [1.807, 2.05) is 55.5 Å². The highest BCUT2D eigenvalue weighted by Gasteiger charge is 2.35. The predicted molar refractivity (Wildman–Crippen MR) is 137 cm³/mol. The van der Waals surface area contributed by atoms with Gasteiger partial charge in [0.25, 0.3) is 0 Å². The van der Waals surface area contributed by atoms with Gasteiger partial charge in [-0.3, -0.25) is 4.79 Å². The number of ether oxygens (including phenoxy) is 1. The Labute approximate surface area is 200 Å². The molecule has 0 unspecified atom stereocenters. The lowest BCUT2D eigenvalue weighted by atomic mass is 10.2. The first-order chi connectivity index (χ1) is 16.2. The molecule has 4 heteroatoms. The number of carbonyl (C=O) groups excluding carboxylic acids is 1. The van der Waals surface area contributed by atoms with Gasteiger partial charge in [-0.05, 0) is 71.7 Å². The Morgan fingerprint density at radius 3 is 1.76 bits per heavy atom. The number of hydrogen-bond acceptors (Lipinski definition) is 3. The summed E-state index contributed by atoms with van der Waals surface area (Å²) in [7, 11) is -2.21. The van der Waals surface area contributed by atoms with Crippen molar-refractivity contribution in [2.45, 2.75) is 73.5 Å². The maximum atomic E-state index is 12.9. The van der Waals surface area contributed by atoms with Gasteiger partial charge < -0.3 is 8.92 Å². The van der Waals surface area contributed by atoms with E-state index in [4.69, 9.17) is 8.92 Å². The van der Waals surface area contributed by atoms with Crippen molar-refractivity contribution in [1.82, 2.24) is 0 Å². The number of unbranched alkanes of at least 4 members (excludes halogenated alkanes) is 4.